The van der Waals surface area contributed by atoms with Crippen LogP contribution in [0.3, 0.4) is 0 Å². The van der Waals surface area contributed by atoms with Gasteiger partial charge >= 0.3 is 0 Å². The maximum absolute atomic E-state index is 5.49. The van der Waals surface area contributed by atoms with E-state index in [0.29, 0.717) is 6.04 Å². The maximum Gasteiger partial charge on any atom is 0.123 e. The van der Waals surface area contributed by atoms with Crippen LogP contribution in [0.1, 0.15) is 24.9 Å². The first-order chi connectivity index (χ1) is 9.26. The summed E-state index contributed by atoms with van der Waals surface area (Å²) in [5.74, 6) is 1.82. The molecule has 1 unspecified atom stereocenters. The van der Waals surface area contributed by atoms with E-state index < -0.39 is 0 Å². The lowest BCUT2D eigenvalue weighted by Crippen LogP contribution is -2.31. The minimum atomic E-state index is 0.338. The fraction of sp³-hybridized carbons (Fsp3) is 0.600. The van der Waals surface area contributed by atoms with Crippen molar-refractivity contribution in [3.63, 3.8) is 0 Å². The molecule has 0 aliphatic carbocycles. The van der Waals surface area contributed by atoms with Gasteiger partial charge in [-0.3, -0.25) is 4.90 Å². The Morgan fingerprint density at radius 1 is 1.16 bits per heavy atom. The second-order valence-electron chi connectivity index (χ2n) is 4.92. The zero-order valence-electron chi connectivity index (χ0n) is 12.1. The van der Waals surface area contributed by atoms with Crippen molar-refractivity contribution in [2.45, 2.75) is 19.4 Å². The van der Waals surface area contributed by atoms with Gasteiger partial charge < -0.3 is 14.8 Å². The summed E-state index contributed by atoms with van der Waals surface area (Å²) in [6.45, 7) is 6.59. The van der Waals surface area contributed by atoms with Crippen LogP contribution in [0.25, 0.3) is 0 Å². The molecular weight excluding hydrogens is 240 g/mol. The van der Waals surface area contributed by atoms with Gasteiger partial charge in [0.05, 0.1) is 14.2 Å². The highest BCUT2D eigenvalue weighted by Crippen LogP contribution is 2.32. The topological polar surface area (TPSA) is 33.7 Å². The second-order valence-corrected chi connectivity index (χ2v) is 4.92. The molecule has 0 aromatic heterocycles. The Labute approximate surface area is 115 Å². The van der Waals surface area contributed by atoms with Gasteiger partial charge in [-0.15, -0.1) is 0 Å². The molecule has 1 fully saturated rings. The lowest BCUT2D eigenvalue weighted by atomic mass is 10.0. The summed E-state index contributed by atoms with van der Waals surface area (Å²) in [6, 6.07) is 6.35. The highest BCUT2D eigenvalue weighted by atomic mass is 16.5. The predicted octanol–water partition coefficient (Wildman–Crippen LogP) is 2.06. The van der Waals surface area contributed by atoms with Crippen molar-refractivity contribution >= 4 is 0 Å². The van der Waals surface area contributed by atoms with E-state index in [0.717, 1.165) is 37.7 Å². The second kappa shape index (κ2) is 6.78. The fourth-order valence-electron chi connectivity index (χ4n) is 2.62. The number of hydrogen-bond acceptors (Lipinski definition) is 4. The van der Waals surface area contributed by atoms with Crippen LogP contribution in [0.4, 0.5) is 0 Å². The molecule has 1 N–H and O–H groups in total. The normalized spacial score (nSPS) is 18.7. The number of ether oxygens (including phenoxy) is 2. The first kappa shape index (κ1) is 14.2. The third-order valence-electron chi connectivity index (χ3n) is 3.81. The van der Waals surface area contributed by atoms with Crippen molar-refractivity contribution in [3.8, 4) is 11.5 Å². The number of nitrogens with zero attached hydrogens (tertiary/aromatic N) is 1. The summed E-state index contributed by atoms with van der Waals surface area (Å²) in [5.41, 5.74) is 1.20. The summed E-state index contributed by atoms with van der Waals surface area (Å²) in [7, 11) is 3.42. The van der Waals surface area contributed by atoms with Crippen molar-refractivity contribution in [2.75, 3.05) is 40.4 Å². The Kier molecular flexibility index (Phi) is 5.05. The number of nitrogens with one attached hydrogen (secondary N) is 1. The Bertz CT molecular complexity index is 401. The van der Waals surface area contributed by atoms with E-state index >= 15 is 0 Å². The lowest BCUT2D eigenvalue weighted by Gasteiger charge is -2.29. The van der Waals surface area contributed by atoms with Crippen molar-refractivity contribution in [2.24, 2.45) is 0 Å². The minimum Gasteiger partial charge on any atom is -0.497 e. The minimum absolute atomic E-state index is 0.338. The van der Waals surface area contributed by atoms with E-state index in [-0.39, 0.29) is 0 Å². The van der Waals surface area contributed by atoms with Gasteiger partial charge in [0, 0.05) is 24.7 Å². The Morgan fingerprint density at radius 3 is 2.74 bits per heavy atom. The van der Waals surface area contributed by atoms with E-state index in [1.165, 1.54) is 12.0 Å². The molecule has 19 heavy (non-hydrogen) atoms. The molecule has 1 saturated heterocycles. The first-order valence-corrected chi connectivity index (χ1v) is 6.93. The monoisotopic (exact) mass is 264 g/mol. The standard InChI is InChI=1S/C15H24N2O2/c1-12(17-9-4-7-16-8-10-17)14-11-13(18-2)5-6-15(14)19-3/h5-6,11-12,16H,4,7-10H2,1-3H3. The third-order valence-corrected chi connectivity index (χ3v) is 3.81. The van der Waals surface area contributed by atoms with E-state index in [1.54, 1.807) is 14.2 Å². The lowest BCUT2D eigenvalue weighted by molar-refractivity contribution is 0.220. The van der Waals surface area contributed by atoms with Crippen LogP contribution in [-0.4, -0.2) is 45.3 Å². The molecule has 1 heterocycles. The molecule has 1 aromatic rings. The summed E-state index contributed by atoms with van der Waals surface area (Å²) in [6.07, 6.45) is 1.19. The molecule has 0 amide bonds. The van der Waals surface area contributed by atoms with Crippen molar-refractivity contribution in [1.29, 1.82) is 0 Å². The van der Waals surface area contributed by atoms with Crippen LogP contribution in [0.5, 0.6) is 11.5 Å². The molecule has 106 valence electrons. The average molecular weight is 264 g/mol. The van der Waals surface area contributed by atoms with Gasteiger partial charge in [-0.05, 0) is 44.6 Å². The van der Waals surface area contributed by atoms with Gasteiger partial charge in [-0.2, -0.15) is 0 Å². The molecular formula is C15H24N2O2. The van der Waals surface area contributed by atoms with Gasteiger partial charge in [-0.1, -0.05) is 0 Å². The number of rotatable bonds is 4. The molecule has 4 heteroatoms. The van der Waals surface area contributed by atoms with Gasteiger partial charge in [0.25, 0.3) is 0 Å². The molecule has 1 aliphatic heterocycles. The Balaban J connectivity index is 2.22. The van der Waals surface area contributed by atoms with Crippen LogP contribution < -0.4 is 14.8 Å². The summed E-state index contributed by atoms with van der Waals surface area (Å²) in [5, 5.41) is 3.44. The van der Waals surface area contributed by atoms with Crippen LogP contribution in [0.15, 0.2) is 18.2 Å². The van der Waals surface area contributed by atoms with Gasteiger partial charge in [0.1, 0.15) is 11.5 Å². The van der Waals surface area contributed by atoms with Gasteiger partial charge in [0.2, 0.25) is 0 Å². The fourth-order valence-corrected chi connectivity index (χ4v) is 2.62. The summed E-state index contributed by atoms with van der Waals surface area (Å²) in [4.78, 5) is 2.50. The highest BCUT2D eigenvalue weighted by Gasteiger charge is 2.20. The SMILES string of the molecule is COc1ccc(OC)c(C(C)N2CCCNCC2)c1. The van der Waals surface area contributed by atoms with Crippen LogP contribution in [0, 0.1) is 0 Å². The Hall–Kier alpha value is -1.26. The first-order valence-electron chi connectivity index (χ1n) is 6.93. The van der Waals surface area contributed by atoms with Gasteiger partial charge in [0.15, 0.2) is 0 Å². The van der Waals surface area contributed by atoms with Crippen molar-refractivity contribution in [1.82, 2.24) is 10.2 Å². The zero-order chi connectivity index (χ0) is 13.7. The molecule has 1 aromatic carbocycles. The van der Waals surface area contributed by atoms with E-state index in [9.17, 15) is 0 Å². The number of hydrogen-bond donors (Lipinski definition) is 1. The molecule has 0 spiro atoms. The maximum atomic E-state index is 5.49. The molecule has 0 saturated carbocycles. The number of methoxy groups -OCH3 is 2. The molecule has 2 rings (SSSR count). The quantitative estimate of drug-likeness (QED) is 0.902. The van der Waals surface area contributed by atoms with E-state index in [2.05, 4.69) is 23.2 Å². The summed E-state index contributed by atoms with van der Waals surface area (Å²) < 4.78 is 10.8. The van der Waals surface area contributed by atoms with Crippen molar-refractivity contribution in [3.05, 3.63) is 23.8 Å². The van der Waals surface area contributed by atoms with Gasteiger partial charge in [-0.25, -0.2) is 0 Å². The third kappa shape index (κ3) is 3.39. The molecule has 1 atom stereocenters. The average Bonchev–Trinajstić information content (AvgIpc) is 2.74. The smallest absolute Gasteiger partial charge is 0.123 e. The van der Waals surface area contributed by atoms with Crippen LogP contribution >= 0.6 is 0 Å². The van der Waals surface area contributed by atoms with Crippen molar-refractivity contribution < 1.29 is 9.47 Å². The molecule has 4 nitrogen and oxygen atoms in total. The number of benzene rings is 1. The Morgan fingerprint density at radius 2 is 2.00 bits per heavy atom. The molecule has 0 radical (unpaired) electrons. The zero-order valence-corrected chi connectivity index (χ0v) is 12.1. The molecule has 0 bridgehead atoms. The van der Waals surface area contributed by atoms with E-state index in [1.807, 2.05) is 12.1 Å². The molecule has 1 aliphatic rings. The summed E-state index contributed by atoms with van der Waals surface area (Å²) >= 11 is 0. The predicted molar refractivity (Wildman–Crippen MR) is 77.0 cm³/mol. The van der Waals surface area contributed by atoms with Crippen LogP contribution in [-0.2, 0) is 0 Å². The van der Waals surface area contributed by atoms with E-state index in [4.69, 9.17) is 9.47 Å². The van der Waals surface area contributed by atoms with Crippen LogP contribution in [0.2, 0.25) is 0 Å². The highest BCUT2D eigenvalue weighted by molar-refractivity contribution is 5.42. The largest absolute Gasteiger partial charge is 0.497 e.